The van der Waals surface area contributed by atoms with E-state index in [4.69, 9.17) is 12.2 Å². The number of hydrogen-bond acceptors (Lipinski definition) is 5. The molecular formula is C21H15N3O3S2. The Morgan fingerprint density at radius 2 is 1.76 bits per heavy atom. The number of carbonyl (C=O) groups is 1. The van der Waals surface area contributed by atoms with Gasteiger partial charge in [-0.1, -0.05) is 42.5 Å². The minimum Gasteiger partial charge on any atom is -0.317 e. The predicted molar refractivity (Wildman–Crippen MR) is 118 cm³/mol. The molecule has 0 bridgehead atoms. The molecule has 0 spiro atoms. The summed E-state index contributed by atoms with van der Waals surface area (Å²) in [4.78, 5) is 25.7. The van der Waals surface area contributed by atoms with Gasteiger partial charge in [0.1, 0.15) is 4.99 Å². The molecule has 3 aromatic rings. The fourth-order valence-electron chi connectivity index (χ4n) is 3.02. The van der Waals surface area contributed by atoms with Gasteiger partial charge in [0.25, 0.3) is 10.9 Å². The molecule has 144 valence electrons. The lowest BCUT2D eigenvalue weighted by Gasteiger charge is -2.14. The van der Waals surface area contributed by atoms with Crippen molar-refractivity contribution in [1.82, 2.24) is 9.47 Å². The van der Waals surface area contributed by atoms with Gasteiger partial charge in [-0.25, -0.2) is 0 Å². The van der Waals surface area contributed by atoms with Crippen molar-refractivity contribution in [1.29, 1.82) is 0 Å². The molecule has 0 N–H and O–H groups in total. The maximum Gasteiger partial charge on any atom is 0.291 e. The lowest BCUT2D eigenvalue weighted by Crippen LogP contribution is -2.26. The minimum absolute atomic E-state index is 0.0375. The molecule has 2 heterocycles. The van der Waals surface area contributed by atoms with Crippen molar-refractivity contribution >= 4 is 46.0 Å². The van der Waals surface area contributed by atoms with Gasteiger partial charge in [0, 0.05) is 29.7 Å². The highest BCUT2D eigenvalue weighted by Gasteiger charge is 2.31. The van der Waals surface area contributed by atoms with Crippen LogP contribution in [0.3, 0.4) is 0 Å². The van der Waals surface area contributed by atoms with E-state index in [0.717, 1.165) is 28.7 Å². The summed E-state index contributed by atoms with van der Waals surface area (Å²) in [5, 5.41) is 10.8. The molecule has 1 aliphatic heterocycles. The van der Waals surface area contributed by atoms with E-state index in [1.54, 1.807) is 17.0 Å². The van der Waals surface area contributed by atoms with Gasteiger partial charge < -0.3 is 4.57 Å². The summed E-state index contributed by atoms with van der Waals surface area (Å²) in [6, 6.07) is 19.8. The molecule has 1 fully saturated rings. The number of hydrogen-bond donors (Lipinski definition) is 0. The summed E-state index contributed by atoms with van der Waals surface area (Å²) >= 11 is 6.66. The molecule has 29 heavy (non-hydrogen) atoms. The SMILES string of the molecule is O=C1SC(=Cc2cccn2-c2ccc([N+](=O)[O-])cc2)C(=S)N1Cc1ccccc1. The Balaban J connectivity index is 1.59. The van der Waals surface area contributed by atoms with E-state index in [0.29, 0.717) is 16.4 Å². The summed E-state index contributed by atoms with van der Waals surface area (Å²) in [5.41, 5.74) is 2.67. The summed E-state index contributed by atoms with van der Waals surface area (Å²) in [7, 11) is 0. The second kappa shape index (κ2) is 8.02. The summed E-state index contributed by atoms with van der Waals surface area (Å²) in [5.74, 6) is 0. The first-order valence-electron chi connectivity index (χ1n) is 8.74. The largest absolute Gasteiger partial charge is 0.317 e. The number of aromatic nitrogens is 1. The Hall–Kier alpha value is -3.23. The highest BCUT2D eigenvalue weighted by Crippen LogP contribution is 2.34. The number of thioether (sulfide) groups is 1. The van der Waals surface area contributed by atoms with Gasteiger partial charge in [-0.3, -0.25) is 19.8 Å². The van der Waals surface area contributed by atoms with Gasteiger partial charge in [0.2, 0.25) is 0 Å². The Kier molecular flexibility index (Phi) is 5.28. The van der Waals surface area contributed by atoms with Crippen LogP contribution < -0.4 is 0 Å². The van der Waals surface area contributed by atoms with E-state index >= 15 is 0 Å². The van der Waals surface area contributed by atoms with Crippen LogP contribution in [0.1, 0.15) is 11.3 Å². The fraction of sp³-hybridized carbons (Fsp3) is 0.0476. The van der Waals surface area contributed by atoms with Crippen LogP contribution in [0.4, 0.5) is 10.5 Å². The topological polar surface area (TPSA) is 68.4 Å². The molecule has 8 heteroatoms. The number of nitrogens with zero attached hydrogens (tertiary/aromatic N) is 3. The van der Waals surface area contributed by atoms with Crippen LogP contribution in [-0.2, 0) is 6.54 Å². The van der Waals surface area contributed by atoms with E-state index in [1.165, 1.54) is 12.1 Å². The molecule has 0 saturated carbocycles. The van der Waals surface area contributed by atoms with Crippen LogP contribution in [0.15, 0.2) is 77.8 Å². The zero-order valence-electron chi connectivity index (χ0n) is 15.1. The lowest BCUT2D eigenvalue weighted by molar-refractivity contribution is -0.384. The molecular weight excluding hydrogens is 406 g/mol. The molecule has 1 aliphatic rings. The summed E-state index contributed by atoms with van der Waals surface area (Å²) in [6.07, 6.45) is 3.73. The van der Waals surface area contributed by atoms with Crippen LogP contribution in [0.5, 0.6) is 0 Å². The number of amides is 1. The molecule has 0 radical (unpaired) electrons. The smallest absolute Gasteiger partial charge is 0.291 e. The van der Waals surface area contributed by atoms with Crippen molar-refractivity contribution in [2.24, 2.45) is 0 Å². The van der Waals surface area contributed by atoms with Crippen LogP contribution in [0, 0.1) is 10.1 Å². The van der Waals surface area contributed by atoms with Gasteiger partial charge in [0.05, 0.1) is 16.4 Å². The fourth-order valence-corrected chi connectivity index (χ4v) is 4.24. The molecule has 0 atom stereocenters. The first-order chi connectivity index (χ1) is 14.0. The number of thiocarbonyl (C=S) groups is 1. The van der Waals surface area contributed by atoms with Gasteiger partial charge in [-0.05, 0) is 47.7 Å². The Bertz CT molecular complexity index is 1120. The first-order valence-corrected chi connectivity index (χ1v) is 9.97. The van der Waals surface area contributed by atoms with E-state index in [1.807, 2.05) is 59.3 Å². The van der Waals surface area contributed by atoms with Crippen LogP contribution in [0.2, 0.25) is 0 Å². The zero-order valence-corrected chi connectivity index (χ0v) is 16.7. The van der Waals surface area contributed by atoms with Gasteiger partial charge in [0.15, 0.2) is 0 Å². The monoisotopic (exact) mass is 421 g/mol. The molecule has 1 saturated heterocycles. The number of benzene rings is 2. The molecule has 0 aliphatic carbocycles. The van der Waals surface area contributed by atoms with Gasteiger partial charge >= 0.3 is 0 Å². The number of carbonyl (C=O) groups excluding carboxylic acids is 1. The average Bonchev–Trinajstić information content (AvgIpc) is 3.29. The van der Waals surface area contributed by atoms with Gasteiger partial charge in [-0.2, -0.15) is 0 Å². The number of nitro groups is 1. The number of nitro benzene ring substituents is 1. The van der Waals surface area contributed by atoms with Crippen molar-refractivity contribution in [3.8, 4) is 5.69 Å². The average molecular weight is 422 g/mol. The van der Waals surface area contributed by atoms with Gasteiger partial charge in [-0.15, -0.1) is 0 Å². The molecule has 4 rings (SSSR count). The summed E-state index contributed by atoms with van der Waals surface area (Å²) < 4.78 is 1.89. The highest BCUT2D eigenvalue weighted by atomic mass is 32.2. The van der Waals surface area contributed by atoms with E-state index in [2.05, 4.69) is 0 Å². The molecule has 1 aromatic heterocycles. The molecule has 0 unspecified atom stereocenters. The Labute approximate surface area is 176 Å². The molecule has 1 amide bonds. The number of rotatable bonds is 5. The normalized spacial score (nSPS) is 15.3. The maximum atomic E-state index is 12.5. The second-order valence-corrected chi connectivity index (χ2v) is 7.71. The molecule has 2 aromatic carbocycles. The third-order valence-corrected chi connectivity index (χ3v) is 5.95. The highest BCUT2D eigenvalue weighted by molar-refractivity contribution is 8.19. The lowest BCUT2D eigenvalue weighted by atomic mass is 10.2. The zero-order chi connectivity index (χ0) is 20.4. The van der Waals surface area contributed by atoms with Crippen molar-refractivity contribution in [3.05, 3.63) is 99.2 Å². The van der Waals surface area contributed by atoms with Crippen LogP contribution >= 0.6 is 24.0 Å². The van der Waals surface area contributed by atoms with Crippen molar-refractivity contribution < 1.29 is 9.72 Å². The van der Waals surface area contributed by atoms with Crippen LogP contribution in [0.25, 0.3) is 11.8 Å². The van der Waals surface area contributed by atoms with E-state index in [-0.39, 0.29) is 10.9 Å². The standard InChI is InChI=1S/C21H15N3O3S2/c25-21-23(14-15-5-2-1-3-6-15)20(28)19(29-21)13-18-7-4-12-22(18)16-8-10-17(11-9-16)24(26)27/h1-13H,14H2. The Morgan fingerprint density at radius 1 is 1.03 bits per heavy atom. The number of non-ortho nitro benzene ring substituents is 1. The molecule has 6 nitrogen and oxygen atoms in total. The van der Waals surface area contributed by atoms with Crippen molar-refractivity contribution in [3.63, 3.8) is 0 Å². The van der Waals surface area contributed by atoms with E-state index in [9.17, 15) is 14.9 Å². The first kappa shape index (κ1) is 19.1. The quantitative estimate of drug-likeness (QED) is 0.238. The van der Waals surface area contributed by atoms with E-state index < -0.39 is 4.92 Å². The summed E-state index contributed by atoms with van der Waals surface area (Å²) in [6.45, 7) is 0.437. The minimum atomic E-state index is -0.428. The third kappa shape index (κ3) is 3.98. The maximum absolute atomic E-state index is 12.5. The third-order valence-electron chi connectivity index (χ3n) is 4.46. The van der Waals surface area contributed by atoms with Crippen LogP contribution in [-0.4, -0.2) is 24.6 Å². The van der Waals surface area contributed by atoms with Crippen molar-refractivity contribution in [2.45, 2.75) is 6.54 Å². The van der Waals surface area contributed by atoms with Crippen molar-refractivity contribution in [2.75, 3.05) is 0 Å². The second-order valence-electron chi connectivity index (χ2n) is 6.33. The Morgan fingerprint density at radius 3 is 2.45 bits per heavy atom. The predicted octanol–water partition coefficient (Wildman–Crippen LogP) is 5.42.